The minimum Gasteiger partial charge on any atom is -0.340 e. The van der Waals surface area contributed by atoms with E-state index < -0.39 is 11.9 Å². The fourth-order valence-corrected chi connectivity index (χ4v) is 2.19. The van der Waals surface area contributed by atoms with Crippen molar-refractivity contribution in [3.63, 3.8) is 0 Å². The molecule has 0 aliphatic heterocycles. The molecule has 24 heavy (non-hydrogen) atoms. The van der Waals surface area contributed by atoms with Gasteiger partial charge in [0.1, 0.15) is 5.82 Å². The van der Waals surface area contributed by atoms with Crippen LogP contribution in [0.4, 0.5) is 24.7 Å². The minimum absolute atomic E-state index is 0.0198. The van der Waals surface area contributed by atoms with Crippen molar-refractivity contribution in [2.75, 3.05) is 5.32 Å². The third kappa shape index (κ3) is 3.80. The van der Waals surface area contributed by atoms with E-state index in [0.717, 1.165) is 6.07 Å². The van der Waals surface area contributed by atoms with Gasteiger partial charge in [0, 0.05) is 34.7 Å². The standard InChI is InChI=1S/C16H10ClF3N4/c17-11-2-1-3-12(8-11)22-14-9-13(16(18,19)20)23-15(24-14)10-4-6-21-7-5-10/h1-9H,(H,22,23,24). The normalized spacial score (nSPS) is 11.3. The lowest BCUT2D eigenvalue weighted by Gasteiger charge is -2.12. The topological polar surface area (TPSA) is 50.7 Å². The zero-order valence-electron chi connectivity index (χ0n) is 12.0. The molecule has 1 aromatic carbocycles. The SMILES string of the molecule is FC(F)(F)c1cc(Nc2cccc(Cl)c2)nc(-c2ccncc2)n1. The van der Waals surface area contributed by atoms with Gasteiger partial charge in [0.15, 0.2) is 11.5 Å². The largest absolute Gasteiger partial charge is 0.433 e. The van der Waals surface area contributed by atoms with Crippen LogP contribution >= 0.6 is 11.6 Å². The maximum Gasteiger partial charge on any atom is 0.433 e. The highest BCUT2D eigenvalue weighted by Gasteiger charge is 2.33. The number of hydrogen-bond acceptors (Lipinski definition) is 4. The van der Waals surface area contributed by atoms with Gasteiger partial charge in [0.2, 0.25) is 0 Å². The lowest BCUT2D eigenvalue weighted by atomic mass is 10.2. The summed E-state index contributed by atoms with van der Waals surface area (Å²) < 4.78 is 39.3. The Hall–Kier alpha value is -2.67. The fourth-order valence-electron chi connectivity index (χ4n) is 2.00. The summed E-state index contributed by atoms with van der Waals surface area (Å²) in [7, 11) is 0. The Balaban J connectivity index is 2.05. The summed E-state index contributed by atoms with van der Waals surface area (Å²) in [5, 5.41) is 3.27. The molecule has 0 saturated carbocycles. The molecule has 0 atom stereocenters. The van der Waals surface area contributed by atoms with Crippen LogP contribution in [-0.4, -0.2) is 15.0 Å². The lowest BCUT2D eigenvalue weighted by molar-refractivity contribution is -0.141. The maximum absolute atomic E-state index is 13.1. The van der Waals surface area contributed by atoms with Crippen LogP contribution in [0.15, 0.2) is 54.9 Å². The summed E-state index contributed by atoms with van der Waals surface area (Å²) in [6, 6.07) is 10.5. The molecule has 0 radical (unpaired) electrons. The number of alkyl halides is 3. The second-order valence-electron chi connectivity index (χ2n) is 4.83. The van der Waals surface area contributed by atoms with E-state index in [9.17, 15) is 13.2 Å². The number of nitrogens with zero attached hydrogens (tertiary/aromatic N) is 3. The van der Waals surface area contributed by atoms with E-state index in [4.69, 9.17) is 11.6 Å². The molecule has 0 fully saturated rings. The van der Waals surface area contributed by atoms with Crippen molar-refractivity contribution in [3.8, 4) is 11.4 Å². The number of benzene rings is 1. The van der Waals surface area contributed by atoms with E-state index in [-0.39, 0.29) is 11.6 Å². The van der Waals surface area contributed by atoms with Crippen molar-refractivity contribution in [1.82, 2.24) is 15.0 Å². The number of nitrogens with one attached hydrogen (secondary N) is 1. The van der Waals surface area contributed by atoms with Gasteiger partial charge >= 0.3 is 6.18 Å². The molecule has 4 nitrogen and oxygen atoms in total. The van der Waals surface area contributed by atoms with Crippen molar-refractivity contribution in [2.24, 2.45) is 0 Å². The highest BCUT2D eigenvalue weighted by molar-refractivity contribution is 6.30. The van der Waals surface area contributed by atoms with E-state index in [1.54, 1.807) is 36.4 Å². The molecule has 0 saturated heterocycles. The number of halogens is 4. The van der Waals surface area contributed by atoms with Gasteiger partial charge in [-0.1, -0.05) is 17.7 Å². The summed E-state index contributed by atoms with van der Waals surface area (Å²) in [4.78, 5) is 11.6. The molecule has 0 spiro atoms. The predicted octanol–water partition coefficient (Wildman–Crippen LogP) is 4.95. The molecule has 8 heteroatoms. The molecule has 1 N–H and O–H groups in total. The third-order valence-electron chi connectivity index (χ3n) is 3.05. The number of pyridine rings is 1. The van der Waals surface area contributed by atoms with Crippen molar-refractivity contribution in [2.45, 2.75) is 6.18 Å². The zero-order valence-corrected chi connectivity index (χ0v) is 12.8. The summed E-state index contributed by atoms with van der Waals surface area (Å²) in [6.07, 6.45) is -1.67. The first-order valence-electron chi connectivity index (χ1n) is 6.81. The van der Waals surface area contributed by atoms with E-state index in [1.807, 2.05) is 0 Å². The highest BCUT2D eigenvalue weighted by atomic mass is 35.5. The molecular weight excluding hydrogens is 341 g/mol. The van der Waals surface area contributed by atoms with Crippen LogP contribution in [0.1, 0.15) is 5.69 Å². The molecule has 3 rings (SSSR count). The second-order valence-corrected chi connectivity index (χ2v) is 5.27. The predicted molar refractivity (Wildman–Crippen MR) is 85.0 cm³/mol. The van der Waals surface area contributed by atoms with E-state index >= 15 is 0 Å². The van der Waals surface area contributed by atoms with Gasteiger partial charge in [0.05, 0.1) is 0 Å². The number of anilines is 2. The first kappa shape index (κ1) is 16.2. The van der Waals surface area contributed by atoms with Crippen LogP contribution in [0.2, 0.25) is 5.02 Å². The summed E-state index contributed by atoms with van der Waals surface area (Å²) in [5.41, 5.74) is -0.0749. The van der Waals surface area contributed by atoms with Crippen LogP contribution in [0.5, 0.6) is 0 Å². The molecular formula is C16H10ClF3N4. The summed E-state index contributed by atoms with van der Waals surface area (Å²) in [5.74, 6) is -0.0249. The van der Waals surface area contributed by atoms with Crippen LogP contribution in [0.25, 0.3) is 11.4 Å². The van der Waals surface area contributed by atoms with Gasteiger partial charge in [-0.2, -0.15) is 13.2 Å². The number of rotatable bonds is 3. The molecule has 122 valence electrons. The smallest absolute Gasteiger partial charge is 0.340 e. The van der Waals surface area contributed by atoms with Gasteiger partial charge in [-0.05, 0) is 30.3 Å². The van der Waals surface area contributed by atoms with Crippen LogP contribution in [0.3, 0.4) is 0 Å². The average Bonchev–Trinajstić information content (AvgIpc) is 2.54. The van der Waals surface area contributed by atoms with Gasteiger partial charge in [-0.3, -0.25) is 4.98 Å². The van der Waals surface area contributed by atoms with Crippen LogP contribution < -0.4 is 5.32 Å². The van der Waals surface area contributed by atoms with Crippen molar-refractivity contribution >= 4 is 23.1 Å². The first-order valence-corrected chi connectivity index (χ1v) is 7.19. The quantitative estimate of drug-likeness (QED) is 0.725. The van der Waals surface area contributed by atoms with E-state index in [2.05, 4.69) is 20.3 Å². The monoisotopic (exact) mass is 350 g/mol. The van der Waals surface area contributed by atoms with Gasteiger partial charge in [-0.25, -0.2) is 9.97 Å². The molecule has 0 bridgehead atoms. The molecule has 0 unspecified atom stereocenters. The summed E-state index contributed by atoms with van der Waals surface area (Å²) >= 11 is 5.88. The van der Waals surface area contributed by atoms with Crippen LogP contribution in [0, 0.1) is 0 Å². The zero-order chi connectivity index (χ0) is 17.2. The molecule has 2 heterocycles. The van der Waals surface area contributed by atoms with E-state index in [1.165, 1.54) is 12.4 Å². The van der Waals surface area contributed by atoms with Gasteiger partial charge in [-0.15, -0.1) is 0 Å². The number of hydrogen-bond donors (Lipinski definition) is 1. The minimum atomic E-state index is -4.59. The fraction of sp³-hybridized carbons (Fsp3) is 0.0625. The Morgan fingerprint density at radius 1 is 0.958 bits per heavy atom. The van der Waals surface area contributed by atoms with Crippen molar-refractivity contribution in [1.29, 1.82) is 0 Å². The Morgan fingerprint density at radius 3 is 2.38 bits per heavy atom. The van der Waals surface area contributed by atoms with Gasteiger partial charge < -0.3 is 5.32 Å². The molecule has 3 aromatic rings. The Labute approximate surface area is 140 Å². The van der Waals surface area contributed by atoms with Crippen molar-refractivity contribution < 1.29 is 13.2 Å². The Morgan fingerprint density at radius 2 is 1.71 bits per heavy atom. The summed E-state index contributed by atoms with van der Waals surface area (Å²) in [6.45, 7) is 0. The Bertz CT molecular complexity index is 853. The third-order valence-corrected chi connectivity index (χ3v) is 3.29. The van der Waals surface area contributed by atoms with Crippen molar-refractivity contribution in [3.05, 3.63) is 65.6 Å². The lowest BCUT2D eigenvalue weighted by Crippen LogP contribution is -2.11. The maximum atomic E-state index is 13.1. The highest BCUT2D eigenvalue weighted by Crippen LogP contribution is 2.31. The second kappa shape index (κ2) is 6.45. The first-order chi connectivity index (χ1) is 11.4. The molecule has 2 aromatic heterocycles. The molecule has 0 aliphatic carbocycles. The number of aromatic nitrogens is 3. The Kier molecular flexibility index (Phi) is 4.35. The van der Waals surface area contributed by atoms with E-state index in [0.29, 0.717) is 16.3 Å². The molecule has 0 amide bonds. The van der Waals surface area contributed by atoms with Crippen LogP contribution in [-0.2, 0) is 6.18 Å². The van der Waals surface area contributed by atoms with Gasteiger partial charge in [0.25, 0.3) is 0 Å². The molecule has 0 aliphatic rings. The average molecular weight is 351 g/mol.